The van der Waals surface area contributed by atoms with E-state index in [9.17, 15) is 0 Å². The Hall–Kier alpha value is -0.380. The molecule has 0 atom stereocenters. The third-order valence-corrected chi connectivity index (χ3v) is 2.48. The Kier molecular flexibility index (Phi) is 3.26. The second-order valence-electron chi connectivity index (χ2n) is 3.53. The largest absolute Gasteiger partial charge is 0.394 e. The van der Waals surface area contributed by atoms with E-state index in [1.54, 1.807) is 11.3 Å². The van der Waals surface area contributed by atoms with E-state index in [2.05, 4.69) is 22.1 Å². The SMILES string of the molecule is CC(C)(CO)NCc1ccsc1. The highest BCUT2D eigenvalue weighted by molar-refractivity contribution is 7.07. The van der Waals surface area contributed by atoms with Crippen LogP contribution in [0.25, 0.3) is 0 Å². The number of hydrogen-bond acceptors (Lipinski definition) is 3. The minimum absolute atomic E-state index is 0.164. The van der Waals surface area contributed by atoms with Crippen molar-refractivity contribution in [1.29, 1.82) is 0 Å². The van der Waals surface area contributed by atoms with Gasteiger partial charge in [0.05, 0.1) is 6.61 Å². The summed E-state index contributed by atoms with van der Waals surface area (Å²) in [6, 6.07) is 2.09. The number of aliphatic hydroxyl groups is 1. The van der Waals surface area contributed by atoms with Gasteiger partial charge in [0.15, 0.2) is 0 Å². The van der Waals surface area contributed by atoms with E-state index in [1.165, 1.54) is 5.56 Å². The van der Waals surface area contributed by atoms with E-state index in [4.69, 9.17) is 5.11 Å². The Morgan fingerprint density at radius 2 is 2.33 bits per heavy atom. The van der Waals surface area contributed by atoms with E-state index >= 15 is 0 Å². The van der Waals surface area contributed by atoms with Crippen molar-refractivity contribution in [3.8, 4) is 0 Å². The molecule has 0 saturated heterocycles. The summed E-state index contributed by atoms with van der Waals surface area (Å²) in [5.41, 5.74) is 1.10. The van der Waals surface area contributed by atoms with Gasteiger partial charge >= 0.3 is 0 Å². The van der Waals surface area contributed by atoms with Gasteiger partial charge in [0.2, 0.25) is 0 Å². The topological polar surface area (TPSA) is 32.3 Å². The summed E-state index contributed by atoms with van der Waals surface area (Å²) in [6.07, 6.45) is 0. The van der Waals surface area contributed by atoms with Gasteiger partial charge in [-0.25, -0.2) is 0 Å². The Morgan fingerprint density at radius 1 is 1.58 bits per heavy atom. The van der Waals surface area contributed by atoms with Crippen LogP contribution in [0.2, 0.25) is 0 Å². The van der Waals surface area contributed by atoms with Crippen molar-refractivity contribution in [2.24, 2.45) is 0 Å². The fraction of sp³-hybridized carbons (Fsp3) is 0.556. The lowest BCUT2D eigenvalue weighted by Gasteiger charge is -2.23. The fourth-order valence-electron chi connectivity index (χ4n) is 0.790. The lowest BCUT2D eigenvalue weighted by Crippen LogP contribution is -2.41. The Bertz CT molecular complexity index is 218. The lowest BCUT2D eigenvalue weighted by atomic mass is 10.1. The first-order chi connectivity index (χ1) is 5.64. The molecule has 1 aromatic rings. The summed E-state index contributed by atoms with van der Waals surface area (Å²) in [5, 5.41) is 16.4. The van der Waals surface area contributed by atoms with Crippen LogP contribution in [-0.2, 0) is 6.54 Å². The standard InChI is InChI=1S/C9H15NOS/c1-9(2,7-11)10-5-8-3-4-12-6-8/h3-4,6,10-11H,5,7H2,1-2H3. The maximum Gasteiger partial charge on any atom is 0.0607 e. The van der Waals surface area contributed by atoms with E-state index in [-0.39, 0.29) is 12.1 Å². The summed E-state index contributed by atoms with van der Waals surface area (Å²) >= 11 is 1.70. The molecule has 0 aliphatic rings. The molecule has 0 unspecified atom stereocenters. The van der Waals surface area contributed by atoms with Crippen LogP contribution >= 0.6 is 11.3 Å². The fourth-order valence-corrected chi connectivity index (χ4v) is 1.46. The number of thiophene rings is 1. The van der Waals surface area contributed by atoms with Crippen LogP contribution in [0.5, 0.6) is 0 Å². The van der Waals surface area contributed by atoms with Crippen molar-refractivity contribution in [2.75, 3.05) is 6.61 Å². The smallest absolute Gasteiger partial charge is 0.0607 e. The molecule has 0 aromatic carbocycles. The van der Waals surface area contributed by atoms with Gasteiger partial charge < -0.3 is 10.4 Å². The molecule has 1 rings (SSSR count). The molecule has 0 aliphatic heterocycles. The number of hydrogen-bond donors (Lipinski definition) is 2. The molecule has 1 aromatic heterocycles. The minimum atomic E-state index is -0.179. The Morgan fingerprint density at radius 3 is 2.83 bits per heavy atom. The zero-order valence-electron chi connectivity index (χ0n) is 7.50. The molecule has 12 heavy (non-hydrogen) atoms. The lowest BCUT2D eigenvalue weighted by molar-refractivity contribution is 0.187. The molecule has 1 heterocycles. The second-order valence-corrected chi connectivity index (χ2v) is 4.31. The molecule has 68 valence electrons. The number of nitrogens with one attached hydrogen (secondary N) is 1. The Labute approximate surface area is 77.2 Å². The zero-order chi connectivity index (χ0) is 9.03. The summed E-state index contributed by atoms with van der Waals surface area (Å²) in [6.45, 7) is 4.97. The predicted molar refractivity (Wildman–Crippen MR) is 52.3 cm³/mol. The number of rotatable bonds is 4. The summed E-state index contributed by atoms with van der Waals surface area (Å²) < 4.78 is 0. The van der Waals surface area contributed by atoms with E-state index in [0.29, 0.717) is 0 Å². The molecule has 0 fully saturated rings. The van der Waals surface area contributed by atoms with Gasteiger partial charge in [0, 0.05) is 12.1 Å². The van der Waals surface area contributed by atoms with Gasteiger partial charge in [-0.15, -0.1) is 0 Å². The molecule has 0 saturated carbocycles. The molecule has 2 nitrogen and oxygen atoms in total. The minimum Gasteiger partial charge on any atom is -0.394 e. The normalized spacial score (nSPS) is 11.9. The van der Waals surface area contributed by atoms with E-state index < -0.39 is 0 Å². The third-order valence-electron chi connectivity index (χ3n) is 1.75. The average Bonchev–Trinajstić information content (AvgIpc) is 2.53. The van der Waals surface area contributed by atoms with Crippen LogP contribution in [0.15, 0.2) is 16.8 Å². The zero-order valence-corrected chi connectivity index (χ0v) is 8.32. The first kappa shape index (κ1) is 9.71. The molecule has 0 radical (unpaired) electrons. The quantitative estimate of drug-likeness (QED) is 0.747. The molecular weight excluding hydrogens is 170 g/mol. The van der Waals surface area contributed by atoms with Crippen molar-refractivity contribution in [3.05, 3.63) is 22.4 Å². The monoisotopic (exact) mass is 185 g/mol. The Balaban J connectivity index is 2.36. The van der Waals surface area contributed by atoms with Gasteiger partial charge in [-0.05, 0) is 36.2 Å². The van der Waals surface area contributed by atoms with Crippen LogP contribution in [-0.4, -0.2) is 17.3 Å². The maximum atomic E-state index is 8.96. The van der Waals surface area contributed by atoms with Crippen molar-refractivity contribution in [2.45, 2.75) is 25.9 Å². The summed E-state index contributed by atoms with van der Waals surface area (Å²) in [5.74, 6) is 0. The maximum absolute atomic E-state index is 8.96. The van der Waals surface area contributed by atoms with Crippen LogP contribution < -0.4 is 5.32 Å². The summed E-state index contributed by atoms with van der Waals surface area (Å²) in [7, 11) is 0. The predicted octanol–water partition coefficient (Wildman–Crippen LogP) is 1.61. The van der Waals surface area contributed by atoms with Crippen molar-refractivity contribution >= 4 is 11.3 Å². The van der Waals surface area contributed by atoms with Gasteiger partial charge in [-0.2, -0.15) is 11.3 Å². The van der Waals surface area contributed by atoms with Gasteiger partial charge in [0.1, 0.15) is 0 Å². The van der Waals surface area contributed by atoms with E-state index in [0.717, 1.165) is 6.54 Å². The summed E-state index contributed by atoms with van der Waals surface area (Å²) in [4.78, 5) is 0. The van der Waals surface area contributed by atoms with Crippen LogP contribution in [0.1, 0.15) is 19.4 Å². The molecule has 3 heteroatoms. The molecule has 0 aliphatic carbocycles. The highest BCUT2D eigenvalue weighted by Crippen LogP contribution is 2.08. The van der Waals surface area contributed by atoms with Crippen LogP contribution in [0, 0.1) is 0 Å². The molecule has 0 bridgehead atoms. The first-order valence-electron chi connectivity index (χ1n) is 4.01. The van der Waals surface area contributed by atoms with E-state index in [1.807, 2.05) is 13.8 Å². The highest BCUT2D eigenvalue weighted by atomic mass is 32.1. The second kappa shape index (κ2) is 4.03. The first-order valence-corrected chi connectivity index (χ1v) is 4.95. The van der Waals surface area contributed by atoms with Crippen LogP contribution in [0.4, 0.5) is 0 Å². The third kappa shape index (κ3) is 2.93. The average molecular weight is 185 g/mol. The molecule has 2 N–H and O–H groups in total. The van der Waals surface area contributed by atoms with Crippen molar-refractivity contribution in [1.82, 2.24) is 5.32 Å². The molecule has 0 amide bonds. The van der Waals surface area contributed by atoms with Crippen molar-refractivity contribution in [3.63, 3.8) is 0 Å². The number of aliphatic hydroxyl groups excluding tert-OH is 1. The van der Waals surface area contributed by atoms with Gasteiger partial charge in [-0.3, -0.25) is 0 Å². The van der Waals surface area contributed by atoms with Gasteiger partial charge in [0.25, 0.3) is 0 Å². The molecule has 0 spiro atoms. The van der Waals surface area contributed by atoms with Crippen LogP contribution in [0.3, 0.4) is 0 Å². The molecular formula is C9H15NOS. The van der Waals surface area contributed by atoms with Gasteiger partial charge in [-0.1, -0.05) is 0 Å². The highest BCUT2D eigenvalue weighted by Gasteiger charge is 2.14. The van der Waals surface area contributed by atoms with Crippen molar-refractivity contribution < 1.29 is 5.11 Å².